The molecule has 0 aliphatic heterocycles. The second-order valence-corrected chi connectivity index (χ2v) is 5.50. The van der Waals surface area contributed by atoms with Crippen molar-refractivity contribution in [2.45, 2.75) is 0 Å². The zero-order valence-corrected chi connectivity index (χ0v) is 13.2. The highest BCUT2D eigenvalue weighted by atomic mass is 16.4. The van der Waals surface area contributed by atoms with E-state index in [9.17, 15) is 40.7 Å². The van der Waals surface area contributed by atoms with Gasteiger partial charge >= 0.3 is 7.12 Å². The van der Waals surface area contributed by atoms with E-state index in [-0.39, 0.29) is 22.0 Å². The van der Waals surface area contributed by atoms with Crippen molar-refractivity contribution in [1.82, 2.24) is 0 Å². The summed E-state index contributed by atoms with van der Waals surface area (Å²) in [5, 5.41) is 79.1. The first-order valence-corrected chi connectivity index (χ1v) is 6.90. The zero-order chi connectivity index (χ0) is 18.5. The van der Waals surface area contributed by atoms with E-state index < -0.39 is 52.6 Å². The van der Waals surface area contributed by atoms with Gasteiger partial charge in [0.15, 0.2) is 23.0 Å². The lowest BCUT2D eigenvalue weighted by molar-refractivity contribution is 0.392. The largest absolute Gasteiger partial charge is 0.508 e. The second-order valence-electron chi connectivity index (χ2n) is 5.50. The van der Waals surface area contributed by atoms with E-state index >= 15 is 0 Å². The molecule has 24 heavy (non-hydrogen) atoms. The molecule has 122 valence electrons. The molecule has 0 amide bonds. The maximum atomic E-state index is 10.3. The van der Waals surface area contributed by atoms with Gasteiger partial charge in [-0.3, -0.25) is 0 Å². The van der Waals surface area contributed by atoms with Crippen LogP contribution in [0, 0.1) is 0 Å². The molecule has 0 heterocycles. The van der Waals surface area contributed by atoms with Crippen LogP contribution in [0.25, 0.3) is 11.1 Å². The average Bonchev–Trinajstić information content (AvgIpc) is 2.52. The highest BCUT2D eigenvalue weighted by molar-refractivity contribution is 6.66. The minimum absolute atomic E-state index is 0.0581. The fourth-order valence-electron chi connectivity index (χ4n) is 2.66. The first-order chi connectivity index (χ1) is 11.0. The van der Waals surface area contributed by atoms with Gasteiger partial charge in [0.1, 0.15) is 35.0 Å². The summed E-state index contributed by atoms with van der Waals surface area (Å²) in [6, 6.07) is 0. The lowest BCUT2D eigenvalue weighted by Crippen LogP contribution is -2.41. The zero-order valence-electron chi connectivity index (χ0n) is 13.2. The van der Waals surface area contributed by atoms with Crippen molar-refractivity contribution in [3.63, 3.8) is 0 Å². The van der Waals surface area contributed by atoms with Crippen LogP contribution in [-0.4, -0.2) is 71.3 Å². The number of rotatable bonds is 2. The van der Waals surface area contributed by atoms with Gasteiger partial charge in [-0.1, -0.05) is 0 Å². The lowest BCUT2D eigenvalue weighted by Gasteiger charge is -2.20. The Bertz CT molecular complexity index is 794. The number of aromatic hydroxyl groups is 6. The molecule has 0 saturated heterocycles. The standard InChI is InChI=1S/C12H14B4O8/c13-3-1(7(17)5(15)11(21)10(3)20)2-8(18)4(14)6(16(23)24)12(22)9(2)19/h17-24H,13-15H2. The van der Waals surface area contributed by atoms with Crippen LogP contribution in [0.5, 0.6) is 34.5 Å². The molecule has 8 nitrogen and oxygen atoms in total. The quantitative estimate of drug-likeness (QED) is 0.153. The molecule has 0 radical (unpaired) electrons. The Hall–Kier alpha value is -2.58. The monoisotopic (exact) mass is 330 g/mol. The topological polar surface area (TPSA) is 162 Å². The summed E-state index contributed by atoms with van der Waals surface area (Å²) in [6.45, 7) is 0. The van der Waals surface area contributed by atoms with Crippen LogP contribution in [0.4, 0.5) is 0 Å². The summed E-state index contributed by atoms with van der Waals surface area (Å²) >= 11 is 0. The van der Waals surface area contributed by atoms with Crippen molar-refractivity contribution >= 4 is 52.5 Å². The van der Waals surface area contributed by atoms with Crippen molar-refractivity contribution in [1.29, 1.82) is 0 Å². The van der Waals surface area contributed by atoms with Crippen LogP contribution in [0.2, 0.25) is 0 Å². The van der Waals surface area contributed by atoms with Gasteiger partial charge in [0.25, 0.3) is 0 Å². The summed E-state index contributed by atoms with van der Waals surface area (Å²) < 4.78 is 0. The van der Waals surface area contributed by atoms with Gasteiger partial charge in [0, 0.05) is 11.0 Å². The molecular weight excluding hydrogens is 315 g/mol. The van der Waals surface area contributed by atoms with E-state index in [1.165, 1.54) is 23.5 Å². The molecular formula is C12H14B4O8. The van der Waals surface area contributed by atoms with Gasteiger partial charge < -0.3 is 40.7 Å². The predicted octanol–water partition coefficient (Wildman–Crippen LogP) is -5.96. The Morgan fingerprint density at radius 1 is 0.500 bits per heavy atom. The van der Waals surface area contributed by atoms with Crippen LogP contribution in [0.1, 0.15) is 0 Å². The minimum Gasteiger partial charge on any atom is -0.508 e. The maximum Gasteiger partial charge on any atom is 0.491 e. The summed E-state index contributed by atoms with van der Waals surface area (Å²) in [5.41, 5.74) is -1.42. The van der Waals surface area contributed by atoms with Crippen molar-refractivity contribution in [3.8, 4) is 45.6 Å². The first kappa shape index (κ1) is 17.8. The van der Waals surface area contributed by atoms with Gasteiger partial charge in [-0.15, -0.1) is 0 Å². The number of hydrogen-bond donors (Lipinski definition) is 8. The van der Waals surface area contributed by atoms with E-state index in [2.05, 4.69) is 0 Å². The predicted molar refractivity (Wildman–Crippen MR) is 96.2 cm³/mol. The lowest BCUT2D eigenvalue weighted by atomic mass is 9.68. The summed E-state index contributed by atoms with van der Waals surface area (Å²) in [4.78, 5) is 0. The van der Waals surface area contributed by atoms with Gasteiger partial charge in [-0.25, -0.2) is 0 Å². The minimum atomic E-state index is -2.15. The van der Waals surface area contributed by atoms with Crippen LogP contribution in [-0.2, 0) is 0 Å². The number of phenolic OH excluding ortho intramolecular Hbond substituents is 6. The second kappa shape index (κ2) is 5.81. The van der Waals surface area contributed by atoms with Crippen molar-refractivity contribution < 1.29 is 40.7 Å². The van der Waals surface area contributed by atoms with Crippen molar-refractivity contribution in [2.75, 3.05) is 0 Å². The van der Waals surface area contributed by atoms with E-state index in [1.807, 2.05) is 0 Å². The van der Waals surface area contributed by atoms with E-state index in [1.54, 1.807) is 0 Å². The fourth-order valence-corrected chi connectivity index (χ4v) is 2.66. The van der Waals surface area contributed by atoms with Crippen LogP contribution < -0.4 is 21.9 Å². The van der Waals surface area contributed by atoms with E-state index in [4.69, 9.17) is 0 Å². The third-order valence-electron chi connectivity index (χ3n) is 4.12. The van der Waals surface area contributed by atoms with Crippen molar-refractivity contribution in [2.24, 2.45) is 0 Å². The normalized spacial score (nSPS) is 10.8. The van der Waals surface area contributed by atoms with Crippen LogP contribution >= 0.6 is 0 Å². The van der Waals surface area contributed by atoms with Crippen LogP contribution in [0.15, 0.2) is 0 Å². The Labute approximate surface area is 139 Å². The van der Waals surface area contributed by atoms with E-state index in [0.29, 0.717) is 0 Å². The fraction of sp³-hybridized carbons (Fsp3) is 0. The molecule has 0 fully saturated rings. The highest BCUT2D eigenvalue weighted by Gasteiger charge is 2.31. The molecule has 2 aromatic carbocycles. The van der Waals surface area contributed by atoms with Gasteiger partial charge in [-0.05, 0) is 16.4 Å². The number of hydrogen-bond acceptors (Lipinski definition) is 8. The molecule has 12 heteroatoms. The number of phenols is 6. The third-order valence-corrected chi connectivity index (χ3v) is 4.12. The molecule has 2 rings (SSSR count). The molecule has 0 unspecified atom stereocenters. The third kappa shape index (κ3) is 2.31. The molecule has 0 aliphatic rings. The molecule has 0 aliphatic carbocycles. The SMILES string of the molecule is Bc1c(O)c(O)c(B)c(-c2c(O)c(B)c(B(O)O)c(O)c2O)c1O. The Balaban J connectivity index is 3.01. The van der Waals surface area contributed by atoms with Gasteiger partial charge in [-0.2, -0.15) is 0 Å². The molecule has 0 aromatic heterocycles. The molecule has 0 atom stereocenters. The van der Waals surface area contributed by atoms with Crippen LogP contribution in [0.3, 0.4) is 0 Å². The highest BCUT2D eigenvalue weighted by Crippen LogP contribution is 2.44. The van der Waals surface area contributed by atoms with Gasteiger partial charge in [0.2, 0.25) is 0 Å². The molecule has 0 saturated carbocycles. The Morgan fingerprint density at radius 2 is 0.958 bits per heavy atom. The molecule has 0 bridgehead atoms. The first-order valence-electron chi connectivity index (χ1n) is 6.90. The molecule has 0 spiro atoms. The summed E-state index contributed by atoms with van der Waals surface area (Å²) in [7, 11) is 1.75. The molecule has 8 N–H and O–H groups in total. The number of benzene rings is 2. The van der Waals surface area contributed by atoms with E-state index in [0.717, 1.165) is 0 Å². The van der Waals surface area contributed by atoms with Crippen molar-refractivity contribution in [3.05, 3.63) is 0 Å². The average molecular weight is 329 g/mol. The maximum absolute atomic E-state index is 10.3. The summed E-state index contributed by atoms with van der Waals surface area (Å²) in [6.07, 6.45) is 0. The molecule has 2 aromatic rings. The summed E-state index contributed by atoms with van der Waals surface area (Å²) in [5.74, 6) is -4.08. The Morgan fingerprint density at radius 3 is 1.46 bits per heavy atom. The smallest absolute Gasteiger partial charge is 0.491 e. The Kier molecular flexibility index (Phi) is 4.30. The van der Waals surface area contributed by atoms with Gasteiger partial charge in [0.05, 0.1) is 5.56 Å².